The van der Waals surface area contributed by atoms with Crippen molar-refractivity contribution in [3.63, 3.8) is 0 Å². The second-order valence-electron chi connectivity index (χ2n) is 5.06. The number of hydrogen-bond acceptors (Lipinski definition) is 2. The first-order valence-corrected chi connectivity index (χ1v) is 6.98. The van der Waals surface area contributed by atoms with E-state index in [1.807, 2.05) is 0 Å². The predicted molar refractivity (Wildman–Crippen MR) is 74.3 cm³/mol. The van der Waals surface area contributed by atoms with Crippen LogP contribution in [0.25, 0.3) is 0 Å². The molecule has 0 aromatic heterocycles. The van der Waals surface area contributed by atoms with E-state index in [1.165, 1.54) is 12.8 Å². The summed E-state index contributed by atoms with van der Waals surface area (Å²) < 4.78 is 0. The van der Waals surface area contributed by atoms with Gasteiger partial charge >= 0.3 is 5.97 Å². The van der Waals surface area contributed by atoms with Crippen molar-refractivity contribution in [3.05, 3.63) is 29.3 Å². The molecule has 1 aromatic rings. The highest BCUT2D eigenvalue weighted by Crippen LogP contribution is 2.53. The fourth-order valence-corrected chi connectivity index (χ4v) is 3.53. The molecule has 2 nitrogen and oxygen atoms in total. The van der Waals surface area contributed by atoms with Crippen LogP contribution >= 0.6 is 28.6 Å². The molecule has 0 aliphatic heterocycles. The van der Waals surface area contributed by atoms with E-state index in [9.17, 15) is 4.79 Å². The van der Waals surface area contributed by atoms with Gasteiger partial charge in [-0.25, -0.2) is 4.79 Å². The second kappa shape index (κ2) is 4.65. The Morgan fingerprint density at radius 1 is 1.59 bits per heavy atom. The zero-order valence-electron chi connectivity index (χ0n) is 9.61. The van der Waals surface area contributed by atoms with Gasteiger partial charge in [0.1, 0.15) is 0 Å². The van der Waals surface area contributed by atoms with Crippen LogP contribution in [0.4, 0.5) is 0 Å². The summed E-state index contributed by atoms with van der Waals surface area (Å²) in [6.45, 7) is 2.26. The van der Waals surface area contributed by atoms with E-state index < -0.39 is 5.97 Å². The van der Waals surface area contributed by atoms with E-state index in [0.717, 1.165) is 16.9 Å². The molecule has 0 spiro atoms. The molecule has 1 fully saturated rings. The molecule has 0 saturated heterocycles. The average Bonchev–Trinajstić information content (AvgIpc) is 2.96. The Morgan fingerprint density at radius 2 is 2.24 bits per heavy atom. The summed E-state index contributed by atoms with van der Waals surface area (Å²) in [5.41, 5.74) is 1.72. The van der Waals surface area contributed by atoms with Crippen molar-refractivity contribution < 1.29 is 9.90 Å². The number of halogens is 1. The van der Waals surface area contributed by atoms with Crippen LogP contribution in [-0.4, -0.2) is 11.1 Å². The monoisotopic (exact) mass is 314 g/mol. The van der Waals surface area contributed by atoms with Crippen LogP contribution in [-0.2, 0) is 0 Å². The molecular weight excluding hydrogens is 300 g/mol. The topological polar surface area (TPSA) is 37.3 Å². The van der Waals surface area contributed by atoms with Crippen LogP contribution < -0.4 is 0 Å². The summed E-state index contributed by atoms with van der Waals surface area (Å²) >= 11 is 8.05. The minimum absolute atomic E-state index is 0.182. The van der Waals surface area contributed by atoms with Gasteiger partial charge in [0.2, 0.25) is 0 Å². The summed E-state index contributed by atoms with van der Waals surface area (Å²) in [6, 6.07) is 5.06. The highest BCUT2D eigenvalue weighted by molar-refractivity contribution is 9.09. The molecule has 0 radical (unpaired) electrons. The van der Waals surface area contributed by atoms with E-state index in [4.69, 9.17) is 5.11 Å². The van der Waals surface area contributed by atoms with Gasteiger partial charge < -0.3 is 5.11 Å². The van der Waals surface area contributed by atoms with Gasteiger partial charge in [0.15, 0.2) is 0 Å². The summed E-state index contributed by atoms with van der Waals surface area (Å²) in [7, 11) is 0. The number of rotatable bonds is 4. The van der Waals surface area contributed by atoms with Crippen LogP contribution in [0.2, 0.25) is 0 Å². The summed E-state index contributed by atoms with van der Waals surface area (Å²) in [5.74, 6) is -0.892. The number of thiol groups is 1. The third-order valence-electron chi connectivity index (χ3n) is 3.39. The SMILES string of the molecule is CC1(CC(Br)c2cc(C(=O)O)ccc2S)CC1. The number of alkyl halides is 1. The Morgan fingerprint density at radius 3 is 2.76 bits per heavy atom. The van der Waals surface area contributed by atoms with E-state index in [1.54, 1.807) is 18.2 Å². The van der Waals surface area contributed by atoms with Crippen molar-refractivity contribution in [3.8, 4) is 0 Å². The summed E-state index contributed by atoms with van der Waals surface area (Å²) in [6.07, 6.45) is 3.55. The van der Waals surface area contributed by atoms with Crippen molar-refractivity contribution in [2.24, 2.45) is 5.41 Å². The highest BCUT2D eigenvalue weighted by atomic mass is 79.9. The Kier molecular flexibility index (Phi) is 3.55. The lowest BCUT2D eigenvalue weighted by atomic mass is 9.97. The van der Waals surface area contributed by atoms with Crippen molar-refractivity contribution in [1.29, 1.82) is 0 Å². The summed E-state index contributed by atoms with van der Waals surface area (Å²) in [4.78, 5) is 12.0. The molecular formula is C13H15BrO2S. The van der Waals surface area contributed by atoms with Crippen LogP contribution in [0.15, 0.2) is 23.1 Å². The lowest BCUT2D eigenvalue weighted by Crippen LogP contribution is -2.03. The normalized spacial score (nSPS) is 18.8. The quantitative estimate of drug-likeness (QED) is 0.642. The zero-order valence-corrected chi connectivity index (χ0v) is 12.1. The van der Waals surface area contributed by atoms with Crippen molar-refractivity contribution in [2.45, 2.75) is 35.9 Å². The minimum Gasteiger partial charge on any atom is -0.478 e. The van der Waals surface area contributed by atoms with Crippen molar-refractivity contribution in [1.82, 2.24) is 0 Å². The Labute approximate surface area is 115 Å². The Bertz CT molecular complexity index is 455. The van der Waals surface area contributed by atoms with Crippen molar-refractivity contribution in [2.75, 3.05) is 0 Å². The Balaban J connectivity index is 2.23. The molecule has 0 heterocycles. The maximum Gasteiger partial charge on any atom is 0.335 e. The first-order chi connectivity index (χ1) is 7.91. The fraction of sp³-hybridized carbons (Fsp3) is 0.462. The lowest BCUT2D eigenvalue weighted by molar-refractivity contribution is 0.0696. The minimum atomic E-state index is -0.892. The molecule has 1 aliphatic rings. The third kappa shape index (κ3) is 3.05. The van der Waals surface area contributed by atoms with E-state index >= 15 is 0 Å². The van der Waals surface area contributed by atoms with Gasteiger partial charge in [-0.2, -0.15) is 0 Å². The molecule has 1 N–H and O–H groups in total. The third-order valence-corrected chi connectivity index (χ3v) is 4.61. The van der Waals surface area contributed by atoms with Gasteiger partial charge in [-0.15, -0.1) is 12.6 Å². The molecule has 0 amide bonds. The number of carboxylic acid groups (broad SMARTS) is 1. The molecule has 1 aromatic carbocycles. The average molecular weight is 315 g/mol. The second-order valence-corrected chi connectivity index (χ2v) is 6.65. The molecule has 17 heavy (non-hydrogen) atoms. The molecule has 1 saturated carbocycles. The van der Waals surface area contributed by atoms with Crippen LogP contribution in [0.5, 0.6) is 0 Å². The van der Waals surface area contributed by atoms with Crippen LogP contribution in [0.3, 0.4) is 0 Å². The summed E-state index contributed by atoms with van der Waals surface area (Å²) in [5, 5.41) is 8.99. The molecule has 1 unspecified atom stereocenters. The first kappa shape index (κ1) is 13.0. The van der Waals surface area contributed by atoms with Crippen LogP contribution in [0.1, 0.15) is 46.9 Å². The molecule has 4 heteroatoms. The van der Waals surface area contributed by atoms with Gasteiger partial charge in [0, 0.05) is 9.72 Å². The number of carbonyl (C=O) groups is 1. The predicted octanol–water partition coefficient (Wildman–Crippen LogP) is 4.30. The van der Waals surface area contributed by atoms with E-state index in [2.05, 4.69) is 35.5 Å². The largest absolute Gasteiger partial charge is 0.478 e. The zero-order chi connectivity index (χ0) is 12.6. The van der Waals surface area contributed by atoms with Gasteiger partial charge in [0.05, 0.1) is 5.56 Å². The van der Waals surface area contributed by atoms with E-state index in [-0.39, 0.29) is 4.83 Å². The lowest BCUT2D eigenvalue weighted by Gasteiger charge is -2.17. The first-order valence-electron chi connectivity index (χ1n) is 5.62. The van der Waals surface area contributed by atoms with Gasteiger partial charge in [0.25, 0.3) is 0 Å². The number of carboxylic acids is 1. The molecule has 1 atom stereocenters. The maximum absolute atomic E-state index is 10.9. The molecule has 1 aliphatic carbocycles. The van der Waals surface area contributed by atoms with Gasteiger partial charge in [-0.1, -0.05) is 22.9 Å². The Hall–Kier alpha value is -0.480. The smallest absolute Gasteiger partial charge is 0.335 e. The van der Waals surface area contributed by atoms with Crippen molar-refractivity contribution >= 4 is 34.5 Å². The number of aromatic carboxylic acids is 1. The maximum atomic E-state index is 10.9. The molecule has 2 rings (SSSR count). The van der Waals surface area contributed by atoms with Gasteiger partial charge in [-0.3, -0.25) is 0 Å². The number of benzene rings is 1. The van der Waals surface area contributed by atoms with Gasteiger partial charge in [-0.05, 0) is 48.4 Å². The molecule has 92 valence electrons. The standard InChI is InChI=1S/C13H15BrO2S/c1-13(4-5-13)7-10(14)9-6-8(12(15)16)2-3-11(9)17/h2-3,6,10,17H,4-5,7H2,1H3,(H,15,16). The molecule has 0 bridgehead atoms. The van der Waals surface area contributed by atoms with E-state index in [0.29, 0.717) is 11.0 Å². The van der Waals surface area contributed by atoms with Crippen LogP contribution in [0, 0.1) is 5.41 Å². The highest BCUT2D eigenvalue weighted by Gasteiger charge is 2.39. The fourth-order valence-electron chi connectivity index (χ4n) is 1.90. The number of hydrogen-bond donors (Lipinski definition) is 2.